The van der Waals surface area contributed by atoms with Gasteiger partial charge in [-0.25, -0.2) is 18.4 Å². The Balaban J connectivity index is 2.00. The molecule has 6 nitrogen and oxygen atoms in total. The Labute approximate surface area is 168 Å². The van der Waals surface area contributed by atoms with Gasteiger partial charge < -0.3 is 10.2 Å². The molecule has 0 unspecified atom stereocenters. The van der Waals surface area contributed by atoms with Crippen molar-refractivity contribution in [1.29, 1.82) is 0 Å². The van der Waals surface area contributed by atoms with Crippen LogP contribution in [0.15, 0.2) is 61.2 Å². The average Bonchev–Trinajstić information content (AvgIpc) is 3.20. The van der Waals surface area contributed by atoms with Gasteiger partial charge in [0, 0.05) is 30.8 Å². The quantitative estimate of drug-likeness (QED) is 0.575. The Morgan fingerprint density at radius 2 is 1.93 bits per heavy atom. The molecule has 0 fully saturated rings. The molecule has 0 aliphatic carbocycles. The van der Waals surface area contributed by atoms with Crippen molar-refractivity contribution in [3.05, 3.63) is 83.9 Å². The van der Waals surface area contributed by atoms with Crippen LogP contribution in [-0.4, -0.2) is 49.1 Å². The third-order valence-electron chi connectivity index (χ3n) is 5.12. The molecule has 0 aliphatic rings. The van der Waals surface area contributed by atoms with Crippen LogP contribution in [0.3, 0.4) is 0 Å². The van der Waals surface area contributed by atoms with Crippen molar-refractivity contribution in [2.75, 3.05) is 13.2 Å². The van der Waals surface area contributed by atoms with E-state index in [1.165, 1.54) is 23.4 Å². The number of hydrogen-bond donors (Lipinski definition) is 2. The van der Waals surface area contributed by atoms with E-state index in [0.717, 1.165) is 17.7 Å². The van der Waals surface area contributed by atoms with Crippen LogP contribution in [0.4, 0.5) is 8.78 Å². The number of hydrogen-bond acceptors (Lipinski definition) is 5. The molecular formula is C21H24F2N4O2. The van der Waals surface area contributed by atoms with Gasteiger partial charge in [-0.15, -0.1) is 0 Å². The lowest BCUT2D eigenvalue weighted by molar-refractivity contribution is -0.0692. The number of benzene rings is 2. The summed E-state index contributed by atoms with van der Waals surface area (Å²) in [5.74, 6) is -1.57. The van der Waals surface area contributed by atoms with E-state index in [4.69, 9.17) is 0 Å². The first-order valence-corrected chi connectivity index (χ1v) is 9.33. The van der Waals surface area contributed by atoms with Gasteiger partial charge in [0.25, 0.3) is 0 Å². The predicted octanol–water partition coefficient (Wildman–Crippen LogP) is 2.33. The van der Waals surface area contributed by atoms with Crippen LogP contribution in [0.2, 0.25) is 0 Å². The molecule has 0 spiro atoms. The Morgan fingerprint density at radius 1 is 1.17 bits per heavy atom. The molecule has 1 heterocycles. The summed E-state index contributed by atoms with van der Waals surface area (Å²) >= 11 is 0. The second-order valence-corrected chi connectivity index (χ2v) is 7.00. The van der Waals surface area contributed by atoms with Crippen LogP contribution in [0.1, 0.15) is 18.1 Å². The van der Waals surface area contributed by atoms with E-state index in [2.05, 4.69) is 10.1 Å². The minimum absolute atomic E-state index is 0.0436. The van der Waals surface area contributed by atoms with Gasteiger partial charge in [0.15, 0.2) is 0 Å². The monoisotopic (exact) mass is 402 g/mol. The Morgan fingerprint density at radius 3 is 2.55 bits per heavy atom. The van der Waals surface area contributed by atoms with Crippen molar-refractivity contribution in [3.8, 4) is 0 Å². The standard InChI is InChI=1S/C21H24F2N4O2/c1-16(26(9-10-28)12-17-5-3-2-4-6-17)21(29,13-27-15-24-14-25-27)19-8-7-18(22)11-20(19)23/h2-8,11,14-16,28-29H,9-10,12-13H2,1H3/t16-,21-/m1/s1. The number of aliphatic hydroxyl groups excluding tert-OH is 1. The summed E-state index contributed by atoms with van der Waals surface area (Å²) in [6.45, 7) is 2.22. The SMILES string of the molecule is C[C@@H](N(CCO)Cc1ccccc1)[C@](O)(Cn1cncn1)c1ccc(F)cc1F. The second kappa shape index (κ2) is 9.21. The second-order valence-electron chi connectivity index (χ2n) is 7.00. The van der Waals surface area contributed by atoms with Gasteiger partial charge in [-0.3, -0.25) is 4.90 Å². The fourth-order valence-corrected chi connectivity index (χ4v) is 3.50. The number of nitrogens with zero attached hydrogens (tertiary/aromatic N) is 4. The molecule has 3 aromatic rings. The smallest absolute Gasteiger partial charge is 0.137 e. The highest BCUT2D eigenvalue weighted by Gasteiger charge is 2.41. The molecular weight excluding hydrogens is 378 g/mol. The molecule has 0 aliphatic heterocycles. The molecule has 2 N–H and O–H groups in total. The predicted molar refractivity (Wildman–Crippen MR) is 104 cm³/mol. The molecule has 8 heteroatoms. The molecule has 2 aromatic carbocycles. The highest BCUT2D eigenvalue weighted by Crippen LogP contribution is 2.33. The molecule has 3 rings (SSSR count). The number of aromatic nitrogens is 3. The third-order valence-corrected chi connectivity index (χ3v) is 5.12. The zero-order chi connectivity index (χ0) is 20.9. The largest absolute Gasteiger partial charge is 0.395 e. The summed E-state index contributed by atoms with van der Waals surface area (Å²) in [5, 5.41) is 25.3. The van der Waals surface area contributed by atoms with E-state index in [1.807, 2.05) is 35.2 Å². The van der Waals surface area contributed by atoms with E-state index in [0.29, 0.717) is 6.54 Å². The van der Waals surface area contributed by atoms with Crippen LogP contribution >= 0.6 is 0 Å². The molecule has 0 bridgehead atoms. The normalized spacial score (nSPS) is 14.7. The highest BCUT2D eigenvalue weighted by atomic mass is 19.1. The van der Waals surface area contributed by atoms with E-state index < -0.39 is 23.3 Å². The average molecular weight is 402 g/mol. The van der Waals surface area contributed by atoms with Gasteiger partial charge in [0.2, 0.25) is 0 Å². The Hall–Kier alpha value is -2.68. The van der Waals surface area contributed by atoms with Crippen molar-refractivity contribution in [1.82, 2.24) is 19.7 Å². The minimum atomic E-state index is -1.75. The van der Waals surface area contributed by atoms with E-state index in [-0.39, 0.29) is 25.3 Å². The first-order valence-electron chi connectivity index (χ1n) is 9.33. The summed E-state index contributed by atoms with van der Waals surface area (Å²) < 4.78 is 29.6. The first kappa shape index (κ1) is 21.0. The Kier molecular flexibility index (Phi) is 6.68. The van der Waals surface area contributed by atoms with Crippen LogP contribution in [0.25, 0.3) is 0 Å². The minimum Gasteiger partial charge on any atom is -0.395 e. The van der Waals surface area contributed by atoms with Gasteiger partial charge in [-0.05, 0) is 18.6 Å². The van der Waals surface area contributed by atoms with Crippen molar-refractivity contribution in [2.45, 2.75) is 31.7 Å². The van der Waals surface area contributed by atoms with E-state index in [1.54, 1.807) is 6.92 Å². The fourth-order valence-electron chi connectivity index (χ4n) is 3.50. The maximum atomic E-state index is 14.7. The maximum Gasteiger partial charge on any atom is 0.137 e. The van der Waals surface area contributed by atoms with Gasteiger partial charge in [0.05, 0.1) is 13.2 Å². The summed E-state index contributed by atoms with van der Waals surface area (Å²) in [5.41, 5.74) is -0.816. The van der Waals surface area contributed by atoms with Crippen molar-refractivity contribution in [2.24, 2.45) is 0 Å². The molecule has 1 aromatic heterocycles. The molecule has 0 saturated heterocycles. The summed E-state index contributed by atoms with van der Waals surface area (Å²) in [7, 11) is 0. The lowest BCUT2D eigenvalue weighted by Crippen LogP contribution is -2.52. The van der Waals surface area contributed by atoms with Crippen molar-refractivity contribution < 1.29 is 19.0 Å². The van der Waals surface area contributed by atoms with Crippen LogP contribution < -0.4 is 0 Å². The highest BCUT2D eigenvalue weighted by molar-refractivity contribution is 5.27. The zero-order valence-corrected chi connectivity index (χ0v) is 16.1. The van der Waals surface area contributed by atoms with Crippen molar-refractivity contribution >= 4 is 0 Å². The summed E-state index contributed by atoms with van der Waals surface area (Å²) in [6.07, 6.45) is 2.74. The number of aliphatic hydroxyl groups is 2. The molecule has 29 heavy (non-hydrogen) atoms. The molecule has 0 radical (unpaired) electrons. The van der Waals surface area contributed by atoms with Crippen molar-refractivity contribution in [3.63, 3.8) is 0 Å². The molecule has 0 saturated carbocycles. The zero-order valence-electron chi connectivity index (χ0n) is 16.1. The van der Waals surface area contributed by atoms with Gasteiger partial charge in [-0.1, -0.05) is 36.4 Å². The first-order chi connectivity index (χ1) is 13.9. The van der Waals surface area contributed by atoms with Gasteiger partial charge >= 0.3 is 0 Å². The van der Waals surface area contributed by atoms with Gasteiger partial charge in [0.1, 0.15) is 29.9 Å². The maximum absolute atomic E-state index is 14.7. The topological polar surface area (TPSA) is 74.4 Å². The van der Waals surface area contributed by atoms with E-state index in [9.17, 15) is 19.0 Å². The fraction of sp³-hybridized carbons (Fsp3) is 0.333. The summed E-state index contributed by atoms with van der Waals surface area (Å²) in [4.78, 5) is 5.73. The Bertz CT molecular complexity index is 908. The molecule has 0 amide bonds. The number of halogens is 2. The lowest BCUT2D eigenvalue weighted by Gasteiger charge is -2.41. The lowest BCUT2D eigenvalue weighted by atomic mass is 9.85. The van der Waals surface area contributed by atoms with Crippen LogP contribution in [-0.2, 0) is 18.7 Å². The van der Waals surface area contributed by atoms with Gasteiger partial charge in [-0.2, -0.15) is 5.10 Å². The van der Waals surface area contributed by atoms with E-state index >= 15 is 0 Å². The van der Waals surface area contributed by atoms with Crippen LogP contribution in [0.5, 0.6) is 0 Å². The molecule has 154 valence electrons. The number of rotatable bonds is 9. The third kappa shape index (κ3) is 4.84. The summed E-state index contributed by atoms with van der Waals surface area (Å²) in [6, 6.07) is 12.1. The molecule has 2 atom stereocenters. The van der Waals surface area contributed by atoms with Crippen LogP contribution in [0, 0.1) is 11.6 Å².